The molecule has 2 N–H and O–H groups in total. The van der Waals surface area contributed by atoms with Crippen molar-refractivity contribution in [3.63, 3.8) is 0 Å². The SMILES string of the molecule is O=C(Nc1ccccc1)C1CCN(C(=O)c2c[nH]c3ccccc3c2=O)CC1. The van der Waals surface area contributed by atoms with Crippen molar-refractivity contribution in [1.82, 2.24) is 9.88 Å². The summed E-state index contributed by atoms with van der Waals surface area (Å²) in [4.78, 5) is 42.6. The Morgan fingerprint density at radius 1 is 0.964 bits per heavy atom. The molecule has 6 heteroatoms. The standard InChI is InChI=1S/C22H21N3O3/c26-20-17-8-4-5-9-19(17)23-14-18(20)22(28)25-12-10-15(11-13-25)21(27)24-16-6-2-1-3-7-16/h1-9,14-15H,10-13H2,(H,23,26)(H,24,27). The molecule has 2 amide bonds. The van der Waals surface area contributed by atoms with Gasteiger partial charge in [-0.2, -0.15) is 0 Å². The molecule has 1 aromatic heterocycles. The van der Waals surface area contributed by atoms with Crippen LogP contribution in [0.2, 0.25) is 0 Å². The van der Waals surface area contributed by atoms with Crippen molar-refractivity contribution in [3.05, 3.63) is 76.6 Å². The first kappa shape index (κ1) is 18.0. The zero-order valence-electron chi connectivity index (χ0n) is 15.4. The quantitative estimate of drug-likeness (QED) is 0.738. The Morgan fingerprint density at radius 2 is 1.64 bits per heavy atom. The molecule has 0 unspecified atom stereocenters. The molecule has 2 heterocycles. The molecule has 1 saturated heterocycles. The van der Waals surface area contributed by atoms with Gasteiger partial charge in [0.1, 0.15) is 5.56 Å². The van der Waals surface area contributed by atoms with E-state index in [4.69, 9.17) is 0 Å². The molecule has 3 aromatic rings. The lowest BCUT2D eigenvalue weighted by Gasteiger charge is -2.31. The molecule has 0 saturated carbocycles. The number of para-hydroxylation sites is 2. The Hall–Kier alpha value is -3.41. The number of fused-ring (bicyclic) bond motifs is 1. The highest BCUT2D eigenvalue weighted by atomic mass is 16.2. The first-order chi connectivity index (χ1) is 13.6. The Balaban J connectivity index is 1.42. The van der Waals surface area contributed by atoms with Gasteiger partial charge in [0.15, 0.2) is 0 Å². The highest BCUT2D eigenvalue weighted by Crippen LogP contribution is 2.21. The van der Waals surface area contributed by atoms with Crippen LogP contribution in [0.4, 0.5) is 5.69 Å². The highest BCUT2D eigenvalue weighted by molar-refractivity contribution is 5.97. The molecule has 4 rings (SSSR count). The summed E-state index contributed by atoms with van der Waals surface area (Å²) in [6.45, 7) is 0.913. The number of aromatic nitrogens is 1. The zero-order valence-corrected chi connectivity index (χ0v) is 15.4. The van der Waals surface area contributed by atoms with E-state index in [1.54, 1.807) is 17.0 Å². The second-order valence-electron chi connectivity index (χ2n) is 7.00. The smallest absolute Gasteiger partial charge is 0.259 e. The number of carbonyl (C=O) groups is 2. The number of rotatable bonds is 3. The molecule has 1 fully saturated rings. The summed E-state index contributed by atoms with van der Waals surface area (Å²) in [7, 11) is 0. The molecular weight excluding hydrogens is 354 g/mol. The topological polar surface area (TPSA) is 82.3 Å². The van der Waals surface area contributed by atoms with Crippen molar-refractivity contribution in [2.45, 2.75) is 12.8 Å². The summed E-state index contributed by atoms with van der Waals surface area (Å²) >= 11 is 0. The van der Waals surface area contributed by atoms with Gasteiger partial charge in [0.25, 0.3) is 5.91 Å². The molecular formula is C22H21N3O3. The lowest BCUT2D eigenvalue weighted by molar-refractivity contribution is -0.121. The van der Waals surface area contributed by atoms with Gasteiger partial charge in [-0.3, -0.25) is 14.4 Å². The number of hydrogen-bond acceptors (Lipinski definition) is 3. The van der Waals surface area contributed by atoms with E-state index >= 15 is 0 Å². The van der Waals surface area contributed by atoms with E-state index in [1.165, 1.54) is 6.20 Å². The largest absolute Gasteiger partial charge is 0.360 e. The number of nitrogens with one attached hydrogen (secondary N) is 2. The Kier molecular flexibility index (Phi) is 4.93. The van der Waals surface area contributed by atoms with Gasteiger partial charge in [0, 0.05) is 41.8 Å². The predicted octanol–water partition coefficient (Wildman–Crippen LogP) is 3.02. The molecule has 2 aromatic carbocycles. The summed E-state index contributed by atoms with van der Waals surface area (Å²) < 4.78 is 0. The van der Waals surface area contributed by atoms with Gasteiger partial charge in [0.05, 0.1) is 0 Å². The number of amides is 2. The Morgan fingerprint density at radius 3 is 2.39 bits per heavy atom. The summed E-state index contributed by atoms with van der Waals surface area (Å²) in [6.07, 6.45) is 2.65. The van der Waals surface area contributed by atoms with Gasteiger partial charge < -0.3 is 15.2 Å². The number of carbonyl (C=O) groups excluding carboxylic acids is 2. The second kappa shape index (κ2) is 7.68. The fraction of sp³-hybridized carbons (Fsp3) is 0.227. The molecule has 1 aliphatic rings. The van der Waals surface area contributed by atoms with Crippen LogP contribution < -0.4 is 10.7 Å². The lowest BCUT2D eigenvalue weighted by atomic mass is 9.95. The minimum absolute atomic E-state index is 0.0261. The van der Waals surface area contributed by atoms with E-state index in [9.17, 15) is 14.4 Å². The molecule has 0 bridgehead atoms. The third-order valence-corrected chi connectivity index (χ3v) is 5.21. The van der Waals surface area contributed by atoms with Crippen LogP contribution in [0.25, 0.3) is 10.9 Å². The average molecular weight is 375 g/mol. The van der Waals surface area contributed by atoms with Gasteiger partial charge >= 0.3 is 0 Å². The molecule has 0 aliphatic carbocycles. The Bertz CT molecular complexity index is 1070. The second-order valence-corrected chi connectivity index (χ2v) is 7.00. The molecule has 142 valence electrons. The number of nitrogens with zero attached hydrogens (tertiary/aromatic N) is 1. The maximum atomic E-state index is 12.8. The third-order valence-electron chi connectivity index (χ3n) is 5.21. The average Bonchev–Trinajstić information content (AvgIpc) is 2.74. The van der Waals surface area contributed by atoms with E-state index in [0.717, 1.165) is 5.69 Å². The van der Waals surface area contributed by atoms with E-state index < -0.39 is 0 Å². The summed E-state index contributed by atoms with van der Waals surface area (Å²) in [5.41, 5.74) is 1.36. The van der Waals surface area contributed by atoms with Crippen LogP contribution in [0.5, 0.6) is 0 Å². The summed E-state index contributed by atoms with van der Waals surface area (Å²) in [6, 6.07) is 16.5. The molecule has 0 radical (unpaired) electrons. The van der Waals surface area contributed by atoms with Crippen molar-refractivity contribution in [1.29, 1.82) is 0 Å². The Labute approximate surface area is 162 Å². The number of hydrogen-bond donors (Lipinski definition) is 2. The van der Waals surface area contributed by atoms with Crippen LogP contribution in [0.1, 0.15) is 23.2 Å². The predicted molar refractivity (Wildman–Crippen MR) is 108 cm³/mol. The van der Waals surface area contributed by atoms with Crippen LogP contribution >= 0.6 is 0 Å². The van der Waals surface area contributed by atoms with Crippen LogP contribution in [-0.2, 0) is 4.79 Å². The van der Waals surface area contributed by atoms with Gasteiger partial charge in [-0.1, -0.05) is 30.3 Å². The van der Waals surface area contributed by atoms with Crippen LogP contribution in [0.3, 0.4) is 0 Å². The fourth-order valence-corrected chi connectivity index (χ4v) is 3.61. The molecule has 0 atom stereocenters. The maximum absolute atomic E-state index is 12.8. The molecule has 0 spiro atoms. The normalized spacial score (nSPS) is 14.8. The number of piperidine rings is 1. The lowest BCUT2D eigenvalue weighted by Crippen LogP contribution is -2.42. The number of H-pyrrole nitrogens is 1. The van der Waals surface area contributed by atoms with E-state index in [1.807, 2.05) is 42.5 Å². The van der Waals surface area contributed by atoms with Crippen LogP contribution in [0, 0.1) is 5.92 Å². The van der Waals surface area contributed by atoms with Crippen molar-refractivity contribution in [3.8, 4) is 0 Å². The minimum Gasteiger partial charge on any atom is -0.360 e. The van der Waals surface area contributed by atoms with E-state index in [-0.39, 0.29) is 28.7 Å². The molecule has 1 aliphatic heterocycles. The number of anilines is 1. The van der Waals surface area contributed by atoms with E-state index in [2.05, 4.69) is 10.3 Å². The number of aromatic amines is 1. The van der Waals surface area contributed by atoms with Gasteiger partial charge in [0.2, 0.25) is 11.3 Å². The first-order valence-electron chi connectivity index (χ1n) is 9.39. The van der Waals surface area contributed by atoms with Gasteiger partial charge in [-0.05, 0) is 37.1 Å². The van der Waals surface area contributed by atoms with Crippen molar-refractivity contribution in [2.75, 3.05) is 18.4 Å². The fourth-order valence-electron chi connectivity index (χ4n) is 3.61. The first-order valence-corrected chi connectivity index (χ1v) is 9.39. The number of benzene rings is 2. The maximum Gasteiger partial charge on any atom is 0.259 e. The van der Waals surface area contributed by atoms with Gasteiger partial charge in [-0.25, -0.2) is 0 Å². The van der Waals surface area contributed by atoms with Crippen LogP contribution in [0.15, 0.2) is 65.6 Å². The third kappa shape index (κ3) is 3.53. The molecule has 6 nitrogen and oxygen atoms in total. The van der Waals surface area contributed by atoms with Crippen molar-refractivity contribution < 1.29 is 9.59 Å². The van der Waals surface area contributed by atoms with Crippen molar-refractivity contribution >= 4 is 28.4 Å². The van der Waals surface area contributed by atoms with Crippen molar-refractivity contribution in [2.24, 2.45) is 5.92 Å². The summed E-state index contributed by atoms with van der Waals surface area (Å²) in [5, 5.41) is 3.42. The van der Waals surface area contributed by atoms with E-state index in [0.29, 0.717) is 36.8 Å². The molecule has 28 heavy (non-hydrogen) atoms. The number of pyridine rings is 1. The summed E-state index contributed by atoms with van der Waals surface area (Å²) in [5.74, 6) is -0.449. The highest BCUT2D eigenvalue weighted by Gasteiger charge is 2.29. The minimum atomic E-state index is -0.283. The zero-order chi connectivity index (χ0) is 19.5. The van der Waals surface area contributed by atoms with Crippen LogP contribution in [-0.4, -0.2) is 34.8 Å². The number of likely N-dealkylation sites (tertiary alicyclic amines) is 1. The van der Waals surface area contributed by atoms with Gasteiger partial charge in [-0.15, -0.1) is 0 Å². The monoisotopic (exact) mass is 375 g/mol.